The Labute approximate surface area is 126 Å². The average molecular weight is 305 g/mol. The second-order valence-electron chi connectivity index (χ2n) is 4.56. The van der Waals surface area contributed by atoms with Gasteiger partial charge in [0.1, 0.15) is 5.82 Å². The summed E-state index contributed by atoms with van der Waals surface area (Å²) in [6.45, 7) is 0. The molecule has 21 heavy (non-hydrogen) atoms. The van der Waals surface area contributed by atoms with E-state index in [2.05, 4.69) is 10.3 Å². The predicted molar refractivity (Wildman–Crippen MR) is 80.7 cm³/mol. The third-order valence-electron chi connectivity index (χ3n) is 2.82. The highest BCUT2D eigenvalue weighted by molar-refractivity contribution is 7.10. The number of hydrogen-bond donors (Lipinski definition) is 2. The molecule has 2 rings (SSSR count). The third-order valence-corrected chi connectivity index (χ3v) is 3.75. The molecule has 0 aromatic carbocycles. The van der Waals surface area contributed by atoms with E-state index in [4.69, 9.17) is 0 Å². The molecule has 0 saturated carbocycles. The molecule has 0 aliphatic heterocycles. The number of carbonyl (C=O) groups excluding carboxylic acids is 1. The Morgan fingerprint density at radius 2 is 2.14 bits per heavy atom. The van der Waals surface area contributed by atoms with Crippen LogP contribution in [0.5, 0.6) is 0 Å². The van der Waals surface area contributed by atoms with E-state index in [1.807, 2.05) is 14.1 Å². The maximum Gasteiger partial charge on any atom is 0.331 e. The highest BCUT2D eigenvalue weighted by atomic mass is 32.1. The van der Waals surface area contributed by atoms with E-state index < -0.39 is 17.9 Å². The zero-order valence-electron chi connectivity index (χ0n) is 11.6. The first-order chi connectivity index (χ1) is 9.99. The van der Waals surface area contributed by atoms with Crippen molar-refractivity contribution in [2.75, 3.05) is 19.0 Å². The number of carbonyl (C=O) groups is 2. The van der Waals surface area contributed by atoms with Crippen LogP contribution in [0.4, 0.5) is 5.82 Å². The summed E-state index contributed by atoms with van der Waals surface area (Å²) in [6.07, 6.45) is 1.52. The van der Waals surface area contributed by atoms with Crippen LogP contribution < -0.4 is 10.2 Å². The van der Waals surface area contributed by atoms with E-state index in [0.29, 0.717) is 16.3 Å². The van der Waals surface area contributed by atoms with E-state index in [1.54, 1.807) is 34.5 Å². The van der Waals surface area contributed by atoms with Gasteiger partial charge in [-0.1, -0.05) is 6.07 Å². The first-order valence-electron chi connectivity index (χ1n) is 6.19. The Hall–Kier alpha value is -2.41. The van der Waals surface area contributed by atoms with Crippen molar-refractivity contribution in [3.05, 3.63) is 46.3 Å². The van der Waals surface area contributed by atoms with Gasteiger partial charge in [-0.25, -0.2) is 9.78 Å². The number of anilines is 1. The van der Waals surface area contributed by atoms with Crippen LogP contribution in [-0.4, -0.2) is 36.1 Å². The smallest absolute Gasteiger partial charge is 0.331 e. The van der Waals surface area contributed by atoms with Crippen LogP contribution in [0.15, 0.2) is 35.8 Å². The van der Waals surface area contributed by atoms with Gasteiger partial charge in [0, 0.05) is 30.7 Å². The van der Waals surface area contributed by atoms with E-state index in [1.165, 1.54) is 17.5 Å². The summed E-state index contributed by atoms with van der Waals surface area (Å²) >= 11 is 1.29. The molecule has 110 valence electrons. The van der Waals surface area contributed by atoms with Crippen LogP contribution in [0.1, 0.15) is 21.3 Å². The zero-order chi connectivity index (χ0) is 15.4. The van der Waals surface area contributed by atoms with E-state index >= 15 is 0 Å². The number of nitrogens with one attached hydrogen (secondary N) is 1. The molecule has 0 spiro atoms. The molecule has 2 aromatic rings. The zero-order valence-corrected chi connectivity index (χ0v) is 12.4. The summed E-state index contributed by atoms with van der Waals surface area (Å²) in [6, 6.07) is 5.55. The minimum atomic E-state index is -1.09. The van der Waals surface area contributed by atoms with Crippen molar-refractivity contribution in [1.82, 2.24) is 10.3 Å². The van der Waals surface area contributed by atoms with Crippen LogP contribution in [0.3, 0.4) is 0 Å². The maximum absolute atomic E-state index is 12.2. The molecule has 7 heteroatoms. The van der Waals surface area contributed by atoms with Crippen LogP contribution in [0, 0.1) is 0 Å². The number of thiophene rings is 1. The summed E-state index contributed by atoms with van der Waals surface area (Å²) < 4.78 is 0. The van der Waals surface area contributed by atoms with Crippen molar-refractivity contribution < 1.29 is 14.7 Å². The van der Waals surface area contributed by atoms with Crippen molar-refractivity contribution in [2.24, 2.45) is 0 Å². The molecule has 0 radical (unpaired) electrons. The van der Waals surface area contributed by atoms with Gasteiger partial charge in [-0.05, 0) is 23.6 Å². The van der Waals surface area contributed by atoms with Crippen molar-refractivity contribution >= 4 is 29.0 Å². The number of rotatable bonds is 5. The fourth-order valence-electron chi connectivity index (χ4n) is 1.73. The third kappa shape index (κ3) is 3.57. The molecule has 0 aliphatic carbocycles. The maximum atomic E-state index is 12.2. The first kappa shape index (κ1) is 15.0. The summed E-state index contributed by atoms with van der Waals surface area (Å²) in [5.74, 6) is -0.903. The minimum absolute atomic E-state index is 0.372. The normalized spacial score (nSPS) is 11.7. The molecule has 0 saturated heterocycles. The van der Waals surface area contributed by atoms with Gasteiger partial charge in [-0.2, -0.15) is 0 Å². The van der Waals surface area contributed by atoms with Gasteiger partial charge in [0.15, 0.2) is 6.04 Å². The monoisotopic (exact) mass is 305 g/mol. The van der Waals surface area contributed by atoms with Crippen LogP contribution in [0.25, 0.3) is 0 Å². The molecule has 0 aliphatic rings. The summed E-state index contributed by atoms with van der Waals surface area (Å²) in [7, 11) is 3.63. The van der Waals surface area contributed by atoms with Gasteiger partial charge < -0.3 is 15.3 Å². The lowest BCUT2D eigenvalue weighted by atomic mass is 10.2. The predicted octanol–water partition coefficient (Wildman–Crippen LogP) is 1.76. The number of carboxylic acids is 1. The second-order valence-corrected chi connectivity index (χ2v) is 5.54. The fourth-order valence-corrected chi connectivity index (χ4v) is 2.50. The Bertz CT molecular complexity index is 641. The fraction of sp³-hybridized carbons (Fsp3) is 0.214. The average Bonchev–Trinajstić information content (AvgIpc) is 2.98. The lowest BCUT2D eigenvalue weighted by Crippen LogP contribution is -2.33. The molecule has 2 aromatic heterocycles. The number of carboxylic acid groups (broad SMARTS) is 1. The van der Waals surface area contributed by atoms with Gasteiger partial charge in [-0.3, -0.25) is 4.79 Å². The molecule has 2 heterocycles. The van der Waals surface area contributed by atoms with Gasteiger partial charge in [0.25, 0.3) is 5.91 Å². The highest BCUT2D eigenvalue weighted by Crippen LogP contribution is 2.20. The molecule has 0 bridgehead atoms. The van der Waals surface area contributed by atoms with Gasteiger partial charge >= 0.3 is 5.97 Å². The molecule has 1 atom stereocenters. The Balaban J connectivity index is 2.20. The first-order valence-corrected chi connectivity index (χ1v) is 7.07. The van der Waals surface area contributed by atoms with Gasteiger partial charge in [0.05, 0.1) is 0 Å². The number of pyridine rings is 1. The van der Waals surface area contributed by atoms with Crippen molar-refractivity contribution in [3.8, 4) is 0 Å². The van der Waals surface area contributed by atoms with Crippen LogP contribution in [0.2, 0.25) is 0 Å². The largest absolute Gasteiger partial charge is 0.479 e. The molecule has 0 fully saturated rings. The van der Waals surface area contributed by atoms with Gasteiger partial charge in [0.2, 0.25) is 0 Å². The topological polar surface area (TPSA) is 82.5 Å². The molecule has 6 nitrogen and oxygen atoms in total. The lowest BCUT2D eigenvalue weighted by molar-refractivity contribution is -0.139. The van der Waals surface area contributed by atoms with Crippen molar-refractivity contribution in [2.45, 2.75) is 6.04 Å². The van der Waals surface area contributed by atoms with E-state index in [9.17, 15) is 14.7 Å². The molecule has 1 unspecified atom stereocenters. The summed E-state index contributed by atoms with van der Waals surface area (Å²) in [5, 5.41) is 13.6. The van der Waals surface area contributed by atoms with Crippen molar-refractivity contribution in [1.29, 1.82) is 0 Å². The molecule has 2 N–H and O–H groups in total. The Morgan fingerprint density at radius 1 is 1.38 bits per heavy atom. The lowest BCUT2D eigenvalue weighted by Gasteiger charge is -2.15. The molecular weight excluding hydrogens is 290 g/mol. The van der Waals surface area contributed by atoms with E-state index in [-0.39, 0.29) is 0 Å². The Kier molecular flexibility index (Phi) is 4.54. The van der Waals surface area contributed by atoms with Crippen molar-refractivity contribution in [3.63, 3.8) is 0 Å². The minimum Gasteiger partial charge on any atom is -0.479 e. The highest BCUT2D eigenvalue weighted by Gasteiger charge is 2.23. The summed E-state index contributed by atoms with van der Waals surface area (Å²) in [5.41, 5.74) is 0.372. The molecule has 1 amide bonds. The second kappa shape index (κ2) is 6.36. The van der Waals surface area contributed by atoms with Gasteiger partial charge in [-0.15, -0.1) is 11.3 Å². The standard InChI is InChI=1S/C14H15N3O3S/c1-17(2)11-8-9(5-6-15-11)13(18)16-12(14(19)20)10-4-3-7-21-10/h3-8,12H,1-2H3,(H,16,18)(H,19,20). The number of amides is 1. The van der Waals surface area contributed by atoms with Crippen LogP contribution >= 0.6 is 11.3 Å². The number of hydrogen-bond acceptors (Lipinski definition) is 5. The SMILES string of the molecule is CN(C)c1cc(C(=O)NC(C(=O)O)c2cccs2)ccn1. The number of aromatic nitrogens is 1. The van der Waals surface area contributed by atoms with E-state index in [0.717, 1.165) is 0 Å². The molecular formula is C14H15N3O3S. The van der Waals surface area contributed by atoms with Crippen LogP contribution in [-0.2, 0) is 4.79 Å². The number of nitrogens with zero attached hydrogens (tertiary/aromatic N) is 2. The summed E-state index contributed by atoms with van der Waals surface area (Å²) in [4.78, 5) is 30.0. The number of aliphatic carboxylic acids is 1. The Morgan fingerprint density at radius 3 is 2.71 bits per heavy atom. The quantitative estimate of drug-likeness (QED) is 0.879.